The summed E-state index contributed by atoms with van der Waals surface area (Å²) in [4.78, 5) is 20.7. The number of aryl methyl sites for hydroxylation is 3. The molecule has 0 aliphatic heterocycles. The quantitative estimate of drug-likeness (QED) is 0.218. The molecule has 4 rings (SSSR count). The first kappa shape index (κ1) is 26.6. The van der Waals surface area contributed by atoms with Crippen LogP contribution in [0.4, 0.5) is 24.8 Å². The van der Waals surface area contributed by atoms with E-state index in [1.54, 1.807) is 37.3 Å². The first-order chi connectivity index (χ1) is 18.0. The van der Waals surface area contributed by atoms with Crippen molar-refractivity contribution in [2.45, 2.75) is 33.9 Å². The number of benzene rings is 2. The van der Waals surface area contributed by atoms with Gasteiger partial charge in [-0.15, -0.1) is 0 Å². The van der Waals surface area contributed by atoms with Crippen LogP contribution < -0.4 is 5.32 Å². The summed E-state index contributed by atoms with van der Waals surface area (Å²) in [6.45, 7) is 7.43. The number of anilines is 2. The Bertz CT molecular complexity index is 1490. The number of alkyl halides is 3. The summed E-state index contributed by atoms with van der Waals surface area (Å²) in [5.41, 5.74) is 3.84. The van der Waals surface area contributed by atoms with E-state index < -0.39 is 17.8 Å². The number of rotatable bonds is 7. The molecule has 7 nitrogen and oxygen atoms in total. The summed E-state index contributed by atoms with van der Waals surface area (Å²) in [6.07, 6.45) is -0.167. The van der Waals surface area contributed by atoms with E-state index >= 15 is 0 Å². The SMILES string of the molecule is CCOC(=O)/C=C/c1cccc(-c2cnc(Nc3cc(C)cc(C)c3)nc2-n2nc(C(F)(F)F)cc2C)c1. The Labute approximate surface area is 218 Å². The minimum atomic E-state index is -4.61. The van der Waals surface area contributed by atoms with Crippen molar-refractivity contribution in [3.8, 4) is 16.9 Å². The summed E-state index contributed by atoms with van der Waals surface area (Å²) in [5.74, 6) is -0.0995. The van der Waals surface area contributed by atoms with E-state index in [0.29, 0.717) is 16.7 Å². The minimum absolute atomic E-state index is 0.173. The number of aromatic nitrogens is 4. The Morgan fingerprint density at radius 2 is 1.82 bits per heavy atom. The van der Waals surface area contributed by atoms with Crippen LogP contribution in [0.3, 0.4) is 0 Å². The largest absolute Gasteiger partial charge is 0.463 e. The number of hydrogen-bond acceptors (Lipinski definition) is 6. The zero-order chi connectivity index (χ0) is 27.4. The van der Waals surface area contributed by atoms with E-state index in [1.807, 2.05) is 32.0 Å². The molecule has 0 radical (unpaired) electrons. The fraction of sp³-hybridized carbons (Fsp3) is 0.214. The van der Waals surface area contributed by atoms with Gasteiger partial charge in [0.1, 0.15) is 0 Å². The van der Waals surface area contributed by atoms with Crippen molar-refractivity contribution in [2.75, 3.05) is 11.9 Å². The third-order valence-electron chi connectivity index (χ3n) is 5.52. The molecule has 0 amide bonds. The highest BCUT2D eigenvalue weighted by Gasteiger charge is 2.35. The van der Waals surface area contributed by atoms with Gasteiger partial charge in [-0.05, 0) is 80.3 Å². The van der Waals surface area contributed by atoms with Crippen LogP contribution in [-0.4, -0.2) is 32.3 Å². The van der Waals surface area contributed by atoms with E-state index in [9.17, 15) is 18.0 Å². The molecule has 4 aromatic rings. The first-order valence-electron chi connectivity index (χ1n) is 11.9. The number of ether oxygens (including phenoxy) is 1. The lowest BCUT2D eigenvalue weighted by Crippen LogP contribution is -2.10. The smallest absolute Gasteiger partial charge is 0.435 e. The fourth-order valence-corrected chi connectivity index (χ4v) is 3.97. The van der Waals surface area contributed by atoms with Crippen molar-refractivity contribution in [3.05, 3.63) is 88.9 Å². The molecule has 0 unspecified atom stereocenters. The van der Waals surface area contributed by atoms with Gasteiger partial charge in [0, 0.05) is 29.2 Å². The van der Waals surface area contributed by atoms with E-state index in [1.165, 1.54) is 19.2 Å². The molecule has 0 aliphatic carbocycles. The maximum atomic E-state index is 13.5. The van der Waals surface area contributed by atoms with Crippen molar-refractivity contribution >= 4 is 23.7 Å². The summed E-state index contributed by atoms with van der Waals surface area (Å²) in [7, 11) is 0. The topological polar surface area (TPSA) is 81.9 Å². The van der Waals surface area contributed by atoms with Crippen LogP contribution in [0, 0.1) is 20.8 Å². The zero-order valence-electron chi connectivity index (χ0n) is 21.3. The minimum Gasteiger partial charge on any atom is -0.463 e. The Hall–Kier alpha value is -4.47. The number of hydrogen-bond donors (Lipinski definition) is 1. The van der Waals surface area contributed by atoms with Crippen molar-refractivity contribution in [2.24, 2.45) is 0 Å². The van der Waals surface area contributed by atoms with E-state index in [0.717, 1.165) is 27.6 Å². The molecule has 38 heavy (non-hydrogen) atoms. The molecule has 0 saturated heterocycles. The van der Waals surface area contributed by atoms with Gasteiger partial charge in [-0.25, -0.2) is 14.5 Å². The zero-order valence-corrected chi connectivity index (χ0v) is 21.3. The van der Waals surface area contributed by atoms with Gasteiger partial charge in [0.15, 0.2) is 11.5 Å². The van der Waals surface area contributed by atoms with Crippen molar-refractivity contribution in [1.82, 2.24) is 19.7 Å². The van der Waals surface area contributed by atoms with Gasteiger partial charge in [-0.1, -0.05) is 24.3 Å². The second-order valence-corrected chi connectivity index (χ2v) is 8.72. The third-order valence-corrected chi connectivity index (χ3v) is 5.52. The maximum Gasteiger partial charge on any atom is 0.435 e. The molecule has 0 spiro atoms. The Morgan fingerprint density at radius 3 is 2.47 bits per heavy atom. The molecule has 0 aliphatic rings. The lowest BCUT2D eigenvalue weighted by atomic mass is 10.0. The number of nitrogens with one attached hydrogen (secondary N) is 1. The number of nitrogens with zero attached hydrogens (tertiary/aromatic N) is 4. The summed E-state index contributed by atoms with van der Waals surface area (Å²) >= 11 is 0. The van der Waals surface area contributed by atoms with Crippen LogP contribution in [0.15, 0.2) is 60.8 Å². The lowest BCUT2D eigenvalue weighted by Gasteiger charge is -2.14. The summed E-state index contributed by atoms with van der Waals surface area (Å²) in [6, 6.07) is 14.0. The molecule has 0 saturated carbocycles. The van der Waals surface area contributed by atoms with Gasteiger partial charge >= 0.3 is 12.1 Å². The monoisotopic (exact) mass is 521 g/mol. The molecule has 0 bridgehead atoms. The Morgan fingerprint density at radius 1 is 1.08 bits per heavy atom. The van der Waals surface area contributed by atoms with Gasteiger partial charge < -0.3 is 10.1 Å². The van der Waals surface area contributed by atoms with E-state index in [2.05, 4.69) is 20.4 Å². The molecule has 1 N–H and O–H groups in total. The number of halogens is 3. The maximum absolute atomic E-state index is 13.5. The van der Waals surface area contributed by atoms with Crippen molar-refractivity contribution < 1.29 is 22.7 Å². The second kappa shape index (κ2) is 10.9. The molecule has 0 fully saturated rings. The average Bonchev–Trinajstić information content (AvgIpc) is 3.24. The fourth-order valence-electron chi connectivity index (χ4n) is 3.97. The summed E-state index contributed by atoms with van der Waals surface area (Å²) in [5, 5.41) is 6.95. The first-order valence-corrected chi connectivity index (χ1v) is 11.9. The van der Waals surface area contributed by atoms with Crippen LogP contribution in [0.1, 0.15) is 35.0 Å². The normalized spacial score (nSPS) is 11.7. The Balaban J connectivity index is 1.81. The van der Waals surface area contributed by atoms with E-state index in [-0.39, 0.29) is 24.1 Å². The van der Waals surface area contributed by atoms with Crippen molar-refractivity contribution in [1.29, 1.82) is 0 Å². The summed E-state index contributed by atoms with van der Waals surface area (Å²) < 4.78 is 46.4. The third kappa shape index (κ3) is 6.26. The molecule has 2 heterocycles. The number of esters is 1. The van der Waals surface area contributed by atoms with Crippen LogP contribution in [-0.2, 0) is 15.7 Å². The van der Waals surface area contributed by atoms with E-state index in [4.69, 9.17) is 4.74 Å². The highest BCUT2D eigenvalue weighted by atomic mass is 19.4. The number of carbonyl (C=O) groups excluding carboxylic acids is 1. The van der Waals surface area contributed by atoms with Crippen molar-refractivity contribution in [3.63, 3.8) is 0 Å². The highest BCUT2D eigenvalue weighted by Crippen LogP contribution is 2.32. The molecular weight excluding hydrogens is 495 g/mol. The van der Waals surface area contributed by atoms with Crippen LogP contribution in [0.2, 0.25) is 0 Å². The van der Waals surface area contributed by atoms with Gasteiger partial charge in [0.2, 0.25) is 5.95 Å². The number of carbonyl (C=O) groups is 1. The predicted molar refractivity (Wildman–Crippen MR) is 139 cm³/mol. The van der Waals surface area contributed by atoms with Gasteiger partial charge in [-0.3, -0.25) is 0 Å². The van der Waals surface area contributed by atoms with Crippen LogP contribution in [0.25, 0.3) is 23.0 Å². The average molecular weight is 522 g/mol. The lowest BCUT2D eigenvalue weighted by molar-refractivity contribution is -0.141. The highest BCUT2D eigenvalue weighted by molar-refractivity contribution is 5.87. The predicted octanol–water partition coefficient (Wildman–Crippen LogP) is 6.59. The van der Waals surface area contributed by atoms with Gasteiger partial charge in [-0.2, -0.15) is 23.3 Å². The Kier molecular flexibility index (Phi) is 7.61. The molecular formula is C28H26F3N5O2. The molecule has 0 atom stereocenters. The standard InChI is InChI=1S/C28H26F3N5O2/c1-5-38-25(37)10-9-20-7-6-8-21(15-20)23-16-32-27(33-22-12-17(2)11-18(3)13-22)34-26(23)36-19(4)14-24(35-36)28(29,30)31/h6-16H,5H2,1-4H3,(H,32,33,34)/b10-9+. The molecule has 196 valence electrons. The molecule has 2 aromatic heterocycles. The molecule has 10 heteroatoms. The second-order valence-electron chi connectivity index (χ2n) is 8.72. The van der Waals surface area contributed by atoms with Gasteiger partial charge in [0.25, 0.3) is 0 Å². The van der Waals surface area contributed by atoms with Gasteiger partial charge in [0.05, 0.1) is 6.61 Å². The molecule has 2 aromatic carbocycles. The van der Waals surface area contributed by atoms with Crippen LogP contribution in [0.5, 0.6) is 0 Å². The van der Waals surface area contributed by atoms with Crippen LogP contribution >= 0.6 is 0 Å².